The van der Waals surface area contributed by atoms with Gasteiger partial charge >= 0.3 is 0 Å². The van der Waals surface area contributed by atoms with Crippen LogP contribution in [0.4, 0.5) is 11.4 Å². The number of carbonyl (C=O) groups is 3. The van der Waals surface area contributed by atoms with Crippen LogP contribution in [0.5, 0.6) is 5.75 Å². The minimum Gasteiger partial charge on any atom is -0.482 e. The van der Waals surface area contributed by atoms with Crippen molar-refractivity contribution in [2.75, 3.05) is 23.4 Å². The molecule has 0 spiro atoms. The van der Waals surface area contributed by atoms with Gasteiger partial charge in [0.25, 0.3) is 5.91 Å². The van der Waals surface area contributed by atoms with Crippen molar-refractivity contribution >= 4 is 29.0 Å². The highest BCUT2D eigenvalue weighted by Crippen LogP contribution is 2.33. The van der Waals surface area contributed by atoms with Crippen molar-refractivity contribution in [3.8, 4) is 5.75 Å². The van der Waals surface area contributed by atoms with Crippen molar-refractivity contribution in [1.82, 2.24) is 0 Å². The van der Waals surface area contributed by atoms with Crippen LogP contribution in [0.1, 0.15) is 35.7 Å². The van der Waals surface area contributed by atoms with Crippen LogP contribution in [0.25, 0.3) is 0 Å². The lowest BCUT2D eigenvalue weighted by Crippen LogP contribution is -2.39. The van der Waals surface area contributed by atoms with Gasteiger partial charge in [-0.25, -0.2) is 0 Å². The fourth-order valence-corrected chi connectivity index (χ4v) is 2.97. The fraction of sp³-hybridized carbons (Fsp3) is 0.286. The van der Waals surface area contributed by atoms with Gasteiger partial charge in [-0.1, -0.05) is 6.07 Å². The second kappa shape index (κ2) is 8.03. The zero-order chi connectivity index (χ0) is 19.4. The molecule has 2 aromatic rings. The number of nitrogens with zero attached hydrogens (tertiary/aromatic N) is 1. The minimum atomic E-state index is -0.129. The van der Waals surface area contributed by atoms with Crippen LogP contribution in [0.3, 0.4) is 0 Å². The molecule has 0 fully saturated rings. The summed E-state index contributed by atoms with van der Waals surface area (Å²) in [6, 6.07) is 12.5. The molecule has 3 rings (SSSR count). The summed E-state index contributed by atoms with van der Waals surface area (Å²) < 4.78 is 5.46. The molecule has 1 aliphatic rings. The Morgan fingerprint density at radius 2 is 1.89 bits per heavy atom. The van der Waals surface area contributed by atoms with Crippen LogP contribution in [0.2, 0.25) is 0 Å². The zero-order valence-electron chi connectivity index (χ0n) is 15.5. The Hall–Kier alpha value is -3.15. The van der Waals surface area contributed by atoms with Crippen LogP contribution >= 0.6 is 0 Å². The molecule has 0 saturated carbocycles. The highest BCUT2D eigenvalue weighted by molar-refractivity contribution is 5.98. The predicted octanol–water partition coefficient (Wildman–Crippen LogP) is 3.34. The molecule has 0 aliphatic carbocycles. The van der Waals surface area contributed by atoms with Crippen LogP contribution < -0.4 is 15.0 Å². The van der Waals surface area contributed by atoms with Crippen LogP contribution in [-0.4, -0.2) is 30.7 Å². The molecule has 140 valence electrons. The number of carbonyl (C=O) groups excluding carboxylic acids is 3. The summed E-state index contributed by atoms with van der Waals surface area (Å²) in [5.74, 6) is 0.442. The molecule has 0 unspecified atom stereocenters. The van der Waals surface area contributed by atoms with Gasteiger partial charge in [0.05, 0.1) is 5.69 Å². The average molecular weight is 366 g/mol. The third-order valence-electron chi connectivity index (χ3n) is 4.42. The minimum absolute atomic E-state index is 0.0152. The van der Waals surface area contributed by atoms with Crippen molar-refractivity contribution in [3.63, 3.8) is 0 Å². The normalized spacial score (nSPS) is 13.0. The molecule has 0 aromatic heterocycles. The molecule has 2 amide bonds. The molecule has 2 aromatic carbocycles. The van der Waals surface area contributed by atoms with Gasteiger partial charge in [0.15, 0.2) is 12.4 Å². The number of nitrogens with one attached hydrogen (secondary N) is 1. The SMILES string of the molecule is CC(=O)c1ccc(NC(=O)CCCN2C(=O)COc3ccc(C)cc32)cc1. The maximum Gasteiger partial charge on any atom is 0.265 e. The van der Waals surface area contributed by atoms with E-state index in [9.17, 15) is 14.4 Å². The Morgan fingerprint density at radius 3 is 2.59 bits per heavy atom. The van der Waals surface area contributed by atoms with Crippen LogP contribution in [-0.2, 0) is 9.59 Å². The first-order valence-corrected chi connectivity index (χ1v) is 8.89. The van der Waals surface area contributed by atoms with Gasteiger partial charge in [-0.05, 0) is 62.2 Å². The van der Waals surface area contributed by atoms with Crippen molar-refractivity contribution < 1.29 is 19.1 Å². The number of anilines is 2. The van der Waals surface area contributed by atoms with E-state index in [1.165, 1.54) is 6.92 Å². The number of hydrogen-bond acceptors (Lipinski definition) is 4. The van der Waals surface area contributed by atoms with E-state index in [-0.39, 0.29) is 24.2 Å². The maximum atomic E-state index is 12.2. The molecular weight excluding hydrogens is 344 g/mol. The number of Topliss-reactive ketones (excluding diaryl/α,β-unsaturated/α-hetero) is 1. The highest BCUT2D eigenvalue weighted by atomic mass is 16.5. The Labute approximate surface area is 158 Å². The standard InChI is InChI=1S/C21H22N2O4/c1-14-5-10-19-18(12-14)23(21(26)13-27-19)11-3-4-20(25)22-17-8-6-16(7-9-17)15(2)24/h5-10,12H,3-4,11,13H2,1-2H3,(H,22,25). The molecule has 27 heavy (non-hydrogen) atoms. The summed E-state index contributed by atoms with van der Waals surface area (Å²) in [5, 5.41) is 2.81. The number of amides is 2. The quantitative estimate of drug-likeness (QED) is 0.796. The molecule has 1 aliphatic heterocycles. The third-order valence-corrected chi connectivity index (χ3v) is 4.42. The van der Waals surface area contributed by atoms with E-state index in [0.717, 1.165) is 11.3 Å². The second-order valence-electron chi connectivity index (χ2n) is 6.59. The van der Waals surface area contributed by atoms with Gasteiger partial charge in [-0.2, -0.15) is 0 Å². The molecule has 6 nitrogen and oxygen atoms in total. The summed E-state index contributed by atoms with van der Waals surface area (Å²) in [5.41, 5.74) is 3.05. The Balaban J connectivity index is 1.55. The third kappa shape index (κ3) is 4.53. The molecule has 1 heterocycles. The number of fused-ring (bicyclic) bond motifs is 1. The van der Waals surface area contributed by atoms with E-state index in [4.69, 9.17) is 4.74 Å². The van der Waals surface area contributed by atoms with Gasteiger partial charge in [-0.3, -0.25) is 14.4 Å². The van der Waals surface area contributed by atoms with Crippen LogP contribution in [0.15, 0.2) is 42.5 Å². The van der Waals surface area contributed by atoms with Gasteiger partial charge in [0, 0.05) is 24.2 Å². The molecule has 0 bridgehead atoms. The number of ether oxygens (including phenoxy) is 1. The number of hydrogen-bond donors (Lipinski definition) is 1. The van der Waals surface area contributed by atoms with Gasteiger partial charge in [-0.15, -0.1) is 0 Å². The van der Waals surface area contributed by atoms with E-state index >= 15 is 0 Å². The maximum absolute atomic E-state index is 12.2. The van der Waals surface area contributed by atoms with Crippen molar-refractivity contribution in [1.29, 1.82) is 0 Å². The smallest absolute Gasteiger partial charge is 0.265 e. The first-order valence-electron chi connectivity index (χ1n) is 8.89. The van der Waals surface area contributed by atoms with E-state index in [2.05, 4.69) is 5.32 Å². The lowest BCUT2D eigenvalue weighted by atomic mass is 10.1. The predicted molar refractivity (Wildman–Crippen MR) is 103 cm³/mol. The monoisotopic (exact) mass is 366 g/mol. The molecule has 0 radical (unpaired) electrons. The molecular formula is C21H22N2O4. The molecule has 6 heteroatoms. The van der Waals surface area contributed by atoms with Crippen LogP contribution in [0, 0.1) is 6.92 Å². The molecule has 1 N–H and O–H groups in total. The lowest BCUT2D eigenvalue weighted by molar-refractivity contribution is -0.121. The van der Waals surface area contributed by atoms with Gasteiger partial charge in [0.2, 0.25) is 5.91 Å². The van der Waals surface area contributed by atoms with Crippen molar-refractivity contribution in [2.45, 2.75) is 26.7 Å². The lowest BCUT2D eigenvalue weighted by Gasteiger charge is -2.29. The van der Waals surface area contributed by atoms with E-state index in [1.54, 1.807) is 29.2 Å². The number of ketones is 1. The molecule has 0 atom stereocenters. The van der Waals surface area contributed by atoms with E-state index in [0.29, 0.717) is 36.4 Å². The van der Waals surface area contributed by atoms with Gasteiger partial charge < -0.3 is 15.0 Å². The highest BCUT2D eigenvalue weighted by Gasteiger charge is 2.25. The van der Waals surface area contributed by atoms with Crippen molar-refractivity contribution in [2.24, 2.45) is 0 Å². The number of rotatable bonds is 6. The number of aryl methyl sites for hydroxylation is 1. The average Bonchev–Trinajstić information content (AvgIpc) is 2.64. The van der Waals surface area contributed by atoms with Crippen molar-refractivity contribution in [3.05, 3.63) is 53.6 Å². The summed E-state index contributed by atoms with van der Waals surface area (Å²) in [6.45, 7) is 3.93. The Bertz CT molecular complexity index is 874. The number of benzene rings is 2. The van der Waals surface area contributed by atoms with E-state index < -0.39 is 0 Å². The fourth-order valence-electron chi connectivity index (χ4n) is 2.97. The summed E-state index contributed by atoms with van der Waals surface area (Å²) in [6.07, 6.45) is 0.830. The van der Waals surface area contributed by atoms with Gasteiger partial charge in [0.1, 0.15) is 5.75 Å². The largest absolute Gasteiger partial charge is 0.482 e. The zero-order valence-corrected chi connectivity index (χ0v) is 15.5. The Morgan fingerprint density at radius 1 is 1.15 bits per heavy atom. The summed E-state index contributed by atoms with van der Waals surface area (Å²) >= 11 is 0. The topological polar surface area (TPSA) is 75.7 Å². The second-order valence-corrected chi connectivity index (χ2v) is 6.59. The summed E-state index contributed by atoms with van der Waals surface area (Å²) in [7, 11) is 0. The first kappa shape index (κ1) is 18.6. The molecule has 0 saturated heterocycles. The first-order chi connectivity index (χ1) is 12.9. The Kier molecular flexibility index (Phi) is 5.54. The summed E-state index contributed by atoms with van der Waals surface area (Å²) in [4.78, 5) is 37.3. The van der Waals surface area contributed by atoms with E-state index in [1.807, 2.05) is 25.1 Å².